The summed E-state index contributed by atoms with van der Waals surface area (Å²) >= 11 is 2.20. The summed E-state index contributed by atoms with van der Waals surface area (Å²) in [5, 5.41) is 12.2. The number of primary amides is 1. The van der Waals surface area contributed by atoms with Crippen LogP contribution in [0.25, 0.3) is 11.4 Å². The molecule has 36 heavy (non-hydrogen) atoms. The first-order chi connectivity index (χ1) is 17.0. The first-order valence-corrected chi connectivity index (χ1v) is 13.4. The molecule has 0 radical (unpaired) electrons. The molecule has 0 aliphatic heterocycles. The second-order valence-corrected chi connectivity index (χ2v) is 10.7. The van der Waals surface area contributed by atoms with Gasteiger partial charge in [-0.05, 0) is 44.7 Å². The number of carbonyl (C=O) groups is 3. The van der Waals surface area contributed by atoms with Gasteiger partial charge in [-0.15, -0.1) is 21.5 Å². The van der Waals surface area contributed by atoms with Crippen LogP contribution in [0.4, 0.5) is 5.00 Å². The van der Waals surface area contributed by atoms with E-state index in [0.29, 0.717) is 23.2 Å². The summed E-state index contributed by atoms with van der Waals surface area (Å²) in [7, 11) is 0. The second-order valence-electron chi connectivity index (χ2n) is 8.74. The lowest BCUT2D eigenvalue weighted by Gasteiger charge is -2.11. The van der Waals surface area contributed by atoms with Crippen molar-refractivity contribution in [2.45, 2.75) is 65.3 Å². The van der Waals surface area contributed by atoms with Crippen LogP contribution in [0.3, 0.4) is 0 Å². The number of amides is 2. The molecule has 11 heteroatoms. The number of anilines is 1. The second kappa shape index (κ2) is 11.7. The van der Waals surface area contributed by atoms with Gasteiger partial charge in [0.1, 0.15) is 5.00 Å². The van der Waals surface area contributed by atoms with E-state index in [1.807, 2.05) is 23.6 Å². The SMILES string of the molecule is CCn1c(SCC(=O)Nc2sc(C(N)=O)c(C)c2C(=O)OC(C)C)nnc1-c1ccc(C(C)C)cc1. The van der Waals surface area contributed by atoms with Gasteiger partial charge in [0.15, 0.2) is 11.0 Å². The molecule has 2 heterocycles. The normalized spacial score (nSPS) is 11.2. The van der Waals surface area contributed by atoms with Gasteiger partial charge in [0.25, 0.3) is 5.91 Å². The maximum atomic E-state index is 12.8. The topological polar surface area (TPSA) is 129 Å². The van der Waals surface area contributed by atoms with Crippen LogP contribution in [0.5, 0.6) is 0 Å². The Hall–Kier alpha value is -3.18. The van der Waals surface area contributed by atoms with E-state index >= 15 is 0 Å². The molecule has 9 nitrogen and oxygen atoms in total. The van der Waals surface area contributed by atoms with Crippen molar-refractivity contribution in [3.8, 4) is 11.4 Å². The third kappa shape index (κ3) is 6.14. The Kier molecular flexibility index (Phi) is 8.91. The summed E-state index contributed by atoms with van der Waals surface area (Å²) in [6.07, 6.45) is -0.357. The lowest BCUT2D eigenvalue weighted by atomic mass is 10.0. The largest absolute Gasteiger partial charge is 0.459 e. The highest BCUT2D eigenvalue weighted by molar-refractivity contribution is 7.99. The molecule has 0 atom stereocenters. The van der Waals surface area contributed by atoms with Crippen molar-refractivity contribution in [1.29, 1.82) is 0 Å². The van der Waals surface area contributed by atoms with Crippen molar-refractivity contribution in [2.75, 3.05) is 11.1 Å². The Morgan fingerprint density at radius 3 is 2.36 bits per heavy atom. The fourth-order valence-corrected chi connectivity index (χ4v) is 5.42. The zero-order chi connectivity index (χ0) is 26.6. The molecule has 0 bridgehead atoms. The van der Waals surface area contributed by atoms with Crippen molar-refractivity contribution in [3.05, 3.63) is 45.8 Å². The number of nitrogens with zero attached hydrogens (tertiary/aromatic N) is 3. The number of nitrogens with two attached hydrogens (primary N) is 1. The van der Waals surface area contributed by atoms with Crippen LogP contribution in [0, 0.1) is 6.92 Å². The number of hydrogen-bond donors (Lipinski definition) is 2. The molecular weight excluding hydrogens is 498 g/mol. The maximum Gasteiger partial charge on any atom is 0.341 e. The zero-order valence-corrected chi connectivity index (χ0v) is 22.9. The van der Waals surface area contributed by atoms with Crippen molar-refractivity contribution in [1.82, 2.24) is 14.8 Å². The fourth-order valence-electron chi connectivity index (χ4n) is 3.56. The van der Waals surface area contributed by atoms with Gasteiger partial charge in [0, 0.05) is 12.1 Å². The van der Waals surface area contributed by atoms with Crippen molar-refractivity contribution >= 4 is 45.9 Å². The average molecular weight is 530 g/mol. The van der Waals surface area contributed by atoms with E-state index in [4.69, 9.17) is 10.5 Å². The number of aromatic nitrogens is 3. The van der Waals surface area contributed by atoms with Crippen molar-refractivity contribution in [2.24, 2.45) is 5.73 Å². The van der Waals surface area contributed by atoms with Gasteiger partial charge in [0.2, 0.25) is 5.91 Å². The van der Waals surface area contributed by atoms with E-state index in [1.54, 1.807) is 20.8 Å². The third-order valence-electron chi connectivity index (χ3n) is 5.37. The molecule has 3 rings (SSSR count). The highest BCUT2D eigenvalue weighted by Crippen LogP contribution is 2.34. The number of rotatable bonds is 10. The molecule has 3 aromatic rings. The maximum absolute atomic E-state index is 12.8. The average Bonchev–Trinajstić information content (AvgIpc) is 3.37. The Bertz CT molecular complexity index is 1260. The first-order valence-electron chi connectivity index (χ1n) is 11.6. The van der Waals surface area contributed by atoms with Gasteiger partial charge in [-0.3, -0.25) is 9.59 Å². The molecule has 0 spiro atoms. The molecule has 2 amide bonds. The summed E-state index contributed by atoms with van der Waals surface area (Å²) in [5.74, 6) is -0.444. The molecule has 192 valence electrons. The molecule has 0 saturated carbocycles. The number of esters is 1. The van der Waals surface area contributed by atoms with Crippen LogP contribution in [0.15, 0.2) is 29.4 Å². The van der Waals surface area contributed by atoms with E-state index in [9.17, 15) is 14.4 Å². The highest BCUT2D eigenvalue weighted by Gasteiger charge is 2.26. The fraction of sp³-hybridized carbons (Fsp3) is 0.400. The predicted molar refractivity (Wildman–Crippen MR) is 143 cm³/mol. The minimum atomic E-state index is -0.670. The van der Waals surface area contributed by atoms with E-state index in [0.717, 1.165) is 22.7 Å². The number of carbonyl (C=O) groups excluding carboxylic acids is 3. The molecule has 0 aliphatic rings. The predicted octanol–water partition coefficient (Wildman–Crippen LogP) is 4.85. The van der Waals surface area contributed by atoms with E-state index in [1.165, 1.54) is 17.3 Å². The molecule has 0 aliphatic carbocycles. The molecular formula is C25H31N5O4S2. The molecule has 0 unspecified atom stereocenters. The monoisotopic (exact) mass is 529 g/mol. The molecule has 1 aromatic carbocycles. The molecule has 0 saturated heterocycles. The van der Waals surface area contributed by atoms with Crippen LogP contribution in [-0.2, 0) is 16.1 Å². The van der Waals surface area contributed by atoms with Gasteiger partial charge in [-0.2, -0.15) is 0 Å². The summed E-state index contributed by atoms with van der Waals surface area (Å²) in [6.45, 7) is 12.0. The Balaban J connectivity index is 1.76. The minimum absolute atomic E-state index is 0.0337. The Labute approximate surface area is 218 Å². The van der Waals surface area contributed by atoms with Crippen molar-refractivity contribution in [3.63, 3.8) is 0 Å². The van der Waals surface area contributed by atoms with Gasteiger partial charge in [-0.1, -0.05) is 49.9 Å². The first kappa shape index (κ1) is 27.4. The van der Waals surface area contributed by atoms with Crippen LogP contribution < -0.4 is 11.1 Å². The number of hydrogen-bond acceptors (Lipinski definition) is 8. The minimum Gasteiger partial charge on any atom is -0.459 e. The number of thioether (sulfide) groups is 1. The number of benzene rings is 1. The van der Waals surface area contributed by atoms with Gasteiger partial charge in [0.05, 0.1) is 22.3 Å². The Morgan fingerprint density at radius 2 is 1.81 bits per heavy atom. The lowest BCUT2D eigenvalue weighted by molar-refractivity contribution is -0.113. The smallest absolute Gasteiger partial charge is 0.341 e. The molecule has 0 fully saturated rings. The summed E-state index contributed by atoms with van der Waals surface area (Å²) in [6, 6.07) is 8.22. The zero-order valence-electron chi connectivity index (χ0n) is 21.2. The quantitative estimate of drug-likeness (QED) is 0.284. The molecule has 3 N–H and O–H groups in total. The summed E-state index contributed by atoms with van der Waals surface area (Å²) in [5.41, 5.74) is 8.18. The van der Waals surface area contributed by atoms with Crippen LogP contribution in [0.2, 0.25) is 0 Å². The van der Waals surface area contributed by atoms with Crippen LogP contribution in [0.1, 0.15) is 71.7 Å². The van der Waals surface area contributed by atoms with E-state index < -0.39 is 11.9 Å². The van der Waals surface area contributed by atoms with Gasteiger partial charge >= 0.3 is 5.97 Å². The van der Waals surface area contributed by atoms with Gasteiger partial charge < -0.3 is 20.4 Å². The third-order valence-corrected chi connectivity index (χ3v) is 7.56. The highest BCUT2D eigenvalue weighted by atomic mass is 32.2. The lowest BCUT2D eigenvalue weighted by Crippen LogP contribution is -2.18. The van der Waals surface area contributed by atoms with Gasteiger partial charge in [-0.25, -0.2) is 4.79 Å². The van der Waals surface area contributed by atoms with E-state index in [-0.39, 0.29) is 33.2 Å². The van der Waals surface area contributed by atoms with Crippen LogP contribution in [-0.4, -0.2) is 44.4 Å². The number of ether oxygens (including phenoxy) is 1. The summed E-state index contributed by atoms with van der Waals surface area (Å²) in [4.78, 5) is 37.4. The number of thiophene rings is 1. The van der Waals surface area contributed by atoms with Crippen molar-refractivity contribution < 1.29 is 19.1 Å². The summed E-state index contributed by atoms with van der Waals surface area (Å²) < 4.78 is 7.25. The van der Waals surface area contributed by atoms with E-state index in [2.05, 4.69) is 41.5 Å². The standard InChI is InChI=1S/C25H31N5O4S2/c1-7-30-22(17-10-8-16(9-11-17)13(2)3)28-29-25(30)35-12-18(31)27-23-19(24(33)34-14(4)5)15(6)20(36-23)21(26)32/h8-11,13-14H,7,12H2,1-6H3,(H2,26,32)(H,27,31). The van der Waals surface area contributed by atoms with Crippen LogP contribution >= 0.6 is 23.1 Å². The Morgan fingerprint density at radius 1 is 1.14 bits per heavy atom. The molecule has 2 aromatic heterocycles. The number of nitrogens with one attached hydrogen (secondary N) is 1.